The van der Waals surface area contributed by atoms with Crippen LogP contribution in [0.3, 0.4) is 0 Å². The Morgan fingerprint density at radius 1 is 1.19 bits per heavy atom. The lowest BCUT2D eigenvalue weighted by molar-refractivity contribution is -0.143. The number of benzene rings is 1. The molecule has 1 aromatic heterocycles. The number of hydrogen-bond acceptors (Lipinski definition) is 5. The summed E-state index contributed by atoms with van der Waals surface area (Å²) in [6.45, 7) is 0.837. The summed E-state index contributed by atoms with van der Waals surface area (Å²) in [6, 6.07) is 4.90. The minimum absolute atomic E-state index is 0.258. The van der Waals surface area contributed by atoms with Gasteiger partial charge in [0.05, 0.1) is 16.6 Å². The number of nitrogens with one attached hydrogen (secondary N) is 1. The molecule has 0 unspecified atom stereocenters. The van der Waals surface area contributed by atoms with Crippen molar-refractivity contribution in [3.8, 4) is 5.69 Å². The first kappa shape index (κ1) is 17.7. The molecular weight excluding hydrogens is 372 g/mol. The summed E-state index contributed by atoms with van der Waals surface area (Å²) in [6.07, 6.45) is 3.04. The average molecular weight is 391 g/mol. The van der Waals surface area contributed by atoms with Crippen molar-refractivity contribution >= 4 is 29.3 Å². The highest BCUT2D eigenvalue weighted by atomic mass is 35.5. The molecule has 2 N–H and O–H groups in total. The Kier molecular flexibility index (Phi) is 4.69. The summed E-state index contributed by atoms with van der Waals surface area (Å²) in [5.74, 6) is -0.0527. The summed E-state index contributed by atoms with van der Waals surface area (Å²) in [4.78, 5) is 25.2. The minimum atomic E-state index is -0.801. The van der Waals surface area contributed by atoms with Gasteiger partial charge in [-0.2, -0.15) is 4.68 Å². The molecule has 1 aliphatic carbocycles. The molecule has 0 spiro atoms. The summed E-state index contributed by atoms with van der Waals surface area (Å²) in [5.41, 5.74) is 1.20. The number of urea groups is 1. The zero-order chi connectivity index (χ0) is 19.0. The van der Waals surface area contributed by atoms with Gasteiger partial charge in [-0.25, -0.2) is 4.79 Å². The van der Waals surface area contributed by atoms with Gasteiger partial charge in [-0.15, -0.1) is 5.10 Å². The van der Waals surface area contributed by atoms with Gasteiger partial charge in [0.1, 0.15) is 0 Å². The predicted molar refractivity (Wildman–Crippen MR) is 97.1 cm³/mol. The molecule has 142 valence electrons. The van der Waals surface area contributed by atoms with Crippen molar-refractivity contribution in [3.05, 3.63) is 29.0 Å². The molecule has 2 aliphatic rings. The summed E-state index contributed by atoms with van der Waals surface area (Å²) in [5, 5.41) is 24.3. The van der Waals surface area contributed by atoms with Crippen LogP contribution in [0.25, 0.3) is 5.69 Å². The Balaban J connectivity index is 1.48. The standard InChI is InChI=1S/C17H19ClN6O3/c18-13-4-3-12(9-14(13)24-15(10-1-2-10)20-21-22-24)19-17(27)23-7-5-11(6-8-23)16(25)26/h3-4,9-11H,1-2,5-8H2,(H,19,27)(H,25,26). The Hall–Kier alpha value is -2.68. The van der Waals surface area contributed by atoms with E-state index in [9.17, 15) is 9.59 Å². The van der Waals surface area contributed by atoms with Gasteiger partial charge in [-0.3, -0.25) is 4.79 Å². The van der Waals surface area contributed by atoms with Crippen molar-refractivity contribution in [2.75, 3.05) is 18.4 Å². The van der Waals surface area contributed by atoms with E-state index in [2.05, 4.69) is 20.8 Å². The smallest absolute Gasteiger partial charge is 0.321 e. The normalized spacial score (nSPS) is 17.7. The number of nitrogens with zero attached hydrogens (tertiary/aromatic N) is 5. The number of tetrazole rings is 1. The number of amides is 2. The Labute approximate surface area is 160 Å². The molecule has 1 aliphatic heterocycles. The molecule has 2 heterocycles. The van der Waals surface area contributed by atoms with Crippen LogP contribution in [-0.4, -0.2) is 55.3 Å². The Morgan fingerprint density at radius 2 is 1.93 bits per heavy atom. The van der Waals surface area contributed by atoms with Gasteiger partial charge in [-0.1, -0.05) is 11.6 Å². The average Bonchev–Trinajstić information content (AvgIpc) is 3.40. The molecule has 2 amide bonds. The van der Waals surface area contributed by atoms with Crippen LogP contribution >= 0.6 is 11.6 Å². The highest BCUT2D eigenvalue weighted by Gasteiger charge is 2.31. The number of likely N-dealkylation sites (tertiary alicyclic amines) is 1. The number of rotatable bonds is 4. The maximum absolute atomic E-state index is 12.5. The third-order valence-corrected chi connectivity index (χ3v) is 5.31. The number of hydrogen-bond donors (Lipinski definition) is 2. The lowest BCUT2D eigenvalue weighted by Gasteiger charge is -2.30. The van der Waals surface area contributed by atoms with Crippen LogP contribution in [0.5, 0.6) is 0 Å². The molecule has 9 nitrogen and oxygen atoms in total. The minimum Gasteiger partial charge on any atom is -0.481 e. The second-order valence-corrected chi connectivity index (χ2v) is 7.33. The first-order valence-electron chi connectivity index (χ1n) is 8.90. The van der Waals surface area contributed by atoms with E-state index in [1.165, 1.54) is 0 Å². The van der Waals surface area contributed by atoms with E-state index in [0.29, 0.717) is 48.2 Å². The number of anilines is 1. The van der Waals surface area contributed by atoms with Crippen LogP contribution < -0.4 is 5.32 Å². The largest absolute Gasteiger partial charge is 0.481 e. The first-order valence-corrected chi connectivity index (χ1v) is 9.27. The molecule has 2 fully saturated rings. The van der Waals surface area contributed by atoms with E-state index < -0.39 is 5.97 Å². The van der Waals surface area contributed by atoms with Crippen LogP contribution in [0.1, 0.15) is 37.4 Å². The quantitative estimate of drug-likeness (QED) is 0.829. The lowest BCUT2D eigenvalue weighted by atomic mass is 9.97. The van der Waals surface area contributed by atoms with E-state index in [0.717, 1.165) is 18.7 Å². The van der Waals surface area contributed by atoms with Gasteiger partial charge >= 0.3 is 12.0 Å². The predicted octanol–water partition coefficient (Wildman–Crippen LogP) is 2.52. The molecule has 2 aromatic rings. The zero-order valence-corrected chi connectivity index (χ0v) is 15.3. The van der Waals surface area contributed by atoms with Gasteiger partial charge in [0.15, 0.2) is 5.82 Å². The topological polar surface area (TPSA) is 113 Å². The highest BCUT2D eigenvalue weighted by Crippen LogP contribution is 2.40. The Bertz CT molecular complexity index is 873. The second-order valence-electron chi connectivity index (χ2n) is 6.92. The SMILES string of the molecule is O=C(O)C1CCN(C(=O)Nc2ccc(Cl)c(-n3nnnc3C3CC3)c2)CC1. The van der Waals surface area contributed by atoms with Crippen LogP contribution in [0.15, 0.2) is 18.2 Å². The van der Waals surface area contributed by atoms with Gasteiger partial charge in [-0.05, 0) is 54.3 Å². The lowest BCUT2D eigenvalue weighted by Crippen LogP contribution is -2.42. The maximum atomic E-state index is 12.5. The summed E-state index contributed by atoms with van der Waals surface area (Å²) < 4.78 is 1.62. The monoisotopic (exact) mass is 390 g/mol. The molecule has 1 saturated heterocycles. The maximum Gasteiger partial charge on any atom is 0.321 e. The second kappa shape index (κ2) is 7.15. The number of aromatic nitrogens is 4. The third kappa shape index (κ3) is 3.73. The number of carbonyl (C=O) groups excluding carboxylic acids is 1. The van der Waals surface area contributed by atoms with Crippen LogP contribution in [0, 0.1) is 5.92 Å². The van der Waals surface area contributed by atoms with Crippen LogP contribution in [0.2, 0.25) is 5.02 Å². The fourth-order valence-electron chi connectivity index (χ4n) is 3.25. The number of piperidine rings is 1. The number of carboxylic acid groups (broad SMARTS) is 1. The van der Waals surface area contributed by atoms with Gasteiger partial charge in [0, 0.05) is 24.7 Å². The van der Waals surface area contributed by atoms with E-state index in [4.69, 9.17) is 16.7 Å². The molecular formula is C17H19ClN6O3. The zero-order valence-electron chi connectivity index (χ0n) is 14.5. The van der Waals surface area contributed by atoms with Gasteiger partial charge in [0.25, 0.3) is 0 Å². The van der Waals surface area contributed by atoms with Gasteiger partial charge in [0.2, 0.25) is 0 Å². The van der Waals surface area contributed by atoms with E-state index in [1.54, 1.807) is 27.8 Å². The number of carboxylic acids is 1. The molecule has 27 heavy (non-hydrogen) atoms. The van der Waals surface area contributed by atoms with Crippen molar-refractivity contribution in [1.29, 1.82) is 0 Å². The summed E-state index contributed by atoms with van der Waals surface area (Å²) >= 11 is 6.32. The fourth-order valence-corrected chi connectivity index (χ4v) is 3.44. The van der Waals surface area contributed by atoms with Gasteiger partial charge < -0.3 is 15.3 Å². The molecule has 10 heteroatoms. The van der Waals surface area contributed by atoms with E-state index in [-0.39, 0.29) is 11.9 Å². The Morgan fingerprint density at radius 3 is 2.59 bits per heavy atom. The van der Waals surface area contributed by atoms with Crippen LogP contribution in [-0.2, 0) is 4.79 Å². The molecule has 0 bridgehead atoms. The molecule has 1 saturated carbocycles. The molecule has 4 rings (SSSR count). The van der Waals surface area contributed by atoms with E-state index >= 15 is 0 Å². The van der Waals surface area contributed by atoms with Crippen molar-refractivity contribution < 1.29 is 14.7 Å². The molecule has 0 atom stereocenters. The first-order chi connectivity index (χ1) is 13.0. The van der Waals surface area contributed by atoms with Crippen LogP contribution in [0.4, 0.5) is 10.5 Å². The molecule has 1 aromatic carbocycles. The fraction of sp³-hybridized carbons (Fsp3) is 0.471. The van der Waals surface area contributed by atoms with Crippen molar-refractivity contribution in [2.24, 2.45) is 5.92 Å². The number of halogens is 1. The van der Waals surface area contributed by atoms with Crippen molar-refractivity contribution in [3.63, 3.8) is 0 Å². The third-order valence-electron chi connectivity index (χ3n) is 4.99. The van der Waals surface area contributed by atoms with Crippen molar-refractivity contribution in [1.82, 2.24) is 25.1 Å². The van der Waals surface area contributed by atoms with Crippen molar-refractivity contribution in [2.45, 2.75) is 31.6 Å². The summed E-state index contributed by atoms with van der Waals surface area (Å²) in [7, 11) is 0. The molecule has 0 radical (unpaired) electrons. The number of carbonyl (C=O) groups is 2. The highest BCUT2D eigenvalue weighted by molar-refractivity contribution is 6.32. The van der Waals surface area contributed by atoms with E-state index in [1.807, 2.05) is 0 Å². The number of aliphatic carboxylic acids is 1.